The smallest absolute Gasteiger partial charge is 0.0707 e. The van der Waals surface area contributed by atoms with Crippen LogP contribution in [0.4, 0.5) is 0 Å². The van der Waals surface area contributed by atoms with E-state index >= 15 is 0 Å². The van der Waals surface area contributed by atoms with Gasteiger partial charge in [-0.15, -0.1) is 0 Å². The maximum absolute atomic E-state index is 6.01. The minimum atomic E-state index is 0.521. The Bertz CT molecular complexity index is 297. The van der Waals surface area contributed by atoms with Gasteiger partial charge in [-0.25, -0.2) is 0 Å². The Hall–Kier alpha value is -0.120. The molecule has 110 valence electrons. The molecule has 2 saturated heterocycles. The van der Waals surface area contributed by atoms with Crippen molar-refractivity contribution in [2.24, 2.45) is 11.8 Å². The number of likely N-dealkylation sites (N-methyl/N-ethyl adjacent to an activating group) is 1. The molecule has 0 spiro atoms. The van der Waals surface area contributed by atoms with Gasteiger partial charge in [0.25, 0.3) is 0 Å². The first-order chi connectivity index (χ1) is 9.17. The molecule has 0 aromatic carbocycles. The van der Waals surface area contributed by atoms with Crippen LogP contribution in [0.25, 0.3) is 0 Å². The third kappa shape index (κ3) is 2.84. The van der Waals surface area contributed by atoms with Crippen LogP contribution in [0.15, 0.2) is 0 Å². The van der Waals surface area contributed by atoms with Crippen LogP contribution in [-0.4, -0.2) is 48.8 Å². The molecule has 1 aliphatic carbocycles. The van der Waals surface area contributed by atoms with Crippen LogP contribution in [0.3, 0.4) is 0 Å². The van der Waals surface area contributed by atoms with E-state index in [1.807, 2.05) is 0 Å². The van der Waals surface area contributed by atoms with Crippen LogP contribution < -0.4 is 5.32 Å². The lowest BCUT2D eigenvalue weighted by Crippen LogP contribution is -2.60. The average molecular weight is 266 g/mol. The molecule has 2 aliphatic heterocycles. The van der Waals surface area contributed by atoms with E-state index in [4.69, 9.17) is 4.74 Å². The summed E-state index contributed by atoms with van der Waals surface area (Å²) in [6.07, 6.45) is 6.34. The van der Waals surface area contributed by atoms with Crippen LogP contribution in [0.5, 0.6) is 0 Å². The van der Waals surface area contributed by atoms with Crippen LogP contribution in [0.2, 0.25) is 0 Å². The molecule has 3 fully saturated rings. The second-order valence-electron chi connectivity index (χ2n) is 7.12. The van der Waals surface area contributed by atoms with Crippen molar-refractivity contribution in [3.8, 4) is 0 Å². The lowest BCUT2D eigenvalue weighted by Gasteiger charge is -2.48. The minimum absolute atomic E-state index is 0.521. The fraction of sp³-hybridized carbons (Fsp3) is 1.00. The predicted octanol–water partition coefficient (Wildman–Crippen LogP) is 2.26. The normalized spacial score (nSPS) is 47.5. The predicted molar refractivity (Wildman–Crippen MR) is 78.3 cm³/mol. The molecule has 2 heterocycles. The number of hydrogen-bond donors (Lipinski definition) is 1. The Morgan fingerprint density at radius 3 is 2.42 bits per heavy atom. The zero-order valence-corrected chi connectivity index (χ0v) is 12.8. The van der Waals surface area contributed by atoms with Gasteiger partial charge in [0.15, 0.2) is 0 Å². The zero-order valence-electron chi connectivity index (χ0n) is 12.8. The SMILES string of the molecule is CCNC1CC(C)CC(C)C1N1CC2CCC(C1)O2. The average Bonchev–Trinajstić information content (AvgIpc) is 2.68. The van der Waals surface area contributed by atoms with E-state index in [0.717, 1.165) is 24.4 Å². The van der Waals surface area contributed by atoms with Crippen LogP contribution in [0.1, 0.15) is 46.5 Å². The van der Waals surface area contributed by atoms with Crippen molar-refractivity contribution < 1.29 is 4.74 Å². The fourth-order valence-electron chi connectivity index (χ4n) is 4.81. The van der Waals surface area contributed by atoms with E-state index in [1.165, 1.54) is 38.8 Å². The number of hydrogen-bond acceptors (Lipinski definition) is 3. The Kier molecular flexibility index (Phi) is 4.16. The highest BCUT2D eigenvalue weighted by Gasteiger charge is 2.42. The Morgan fingerprint density at radius 1 is 1.11 bits per heavy atom. The highest BCUT2D eigenvalue weighted by molar-refractivity contribution is 4.97. The Labute approximate surface area is 118 Å². The number of nitrogens with zero attached hydrogens (tertiary/aromatic N) is 1. The maximum atomic E-state index is 6.01. The van der Waals surface area contributed by atoms with Crippen molar-refractivity contribution in [2.75, 3.05) is 19.6 Å². The molecule has 3 nitrogen and oxygen atoms in total. The fourth-order valence-corrected chi connectivity index (χ4v) is 4.81. The number of ether oxygens (including phenoxy) is 1. The zero-order chi connectivity index (χ0) is 13.4. The number of nitrogens with one attached hydrogen (secondary N) is 1. The van der Waals surface area contributed by atoms with Gasteiger partial charge in [-0.1, -0.05) is 20.8 Å². The van der Waals surface area contributed by atoms with Gasteiger partial charge in [-0.05, 0) is 44.1 Å². The van der Waals surface area contributed by atoms with Crippen molar-refractivity contribution in [3.05, 3.63) is 0 Å². The van der Waals surface area contributed by atoms with Gasteiger partial charge in [0.2, 0.25) is 0 Å². The van der Waals surface area contributed by atoms with Crippen molar-refractivity contribution in [1.29, 1.82) is 0 Å². The van der Waals surface area contributed by atoms with E-state index in [2.05, 4.69) is 31.0 Å². The van der Waals surface area contributed by atoms with Crippen molar-refractivity contribution in [3.63, 3.8) is 0 Å². The second-order valence-corrected chi connectivity index (χ2v) is 7.12. The largest absolute Gasteiger partial charge is 0.372 e. The lowest BCUT2D eigenvalue weighted by molar-refractivity contribution is -0.0739. The highest BCUT2D eigenvalue weighted by atomic mass is 16.5. The summed E-state index contributed by atoms with van der Waals surface area (Å²) < 4.78 is 6.01. The molecule has 0 amide bonds. The summed E-state index contributed by atoms with van der Waals surface area (Å²) in [5.41, 5.74) is 0. The molecule has 3 aliphatic rings. The molecular formula is C16H30N2O. The Morgan fingerprint density at radius 2 is 1.79 bits per heavy atom. The maximum Gasteiger partial charge on any atom is 0.0707 e. The summed E-state index contributed by atoms with van der Waals surface area (Å²) >= 11 is 0. The monoisotopic (exact) mass is 266 g/mol. The van der Waals surface area contributed by atoms with Gasteiger partial charge >= 0.3 is 0 Å². The van der Waals surface area contributed by atoms with Gasteiger partial charge in [0, 0.05) is 25.2 Å². The van der Waals surface area contributed by atoms with E-state index in [9.17, 15) is 0 Å². The molecule has 0 aromatic rings. The molecule has 2 bridgehead atoms. The van der Waals surface area contributed by atoms with Gasteiger partial charge in [-0.3, -0.25) is 4.90 Å². The third-order valence-electron chi connectivity index (χ3n) is 5.39. The lowest BCUT2D eigenvalue weighted by atomic mass is 9.75. The van der Waals surface area contributed by atoms with E-state index in [1.54, 1.807) is 0 Å². The van der Waals surface area contributed by atoms with Crippen molar-refractivity contribution in [2.45, 2.75) is 70.7 Å². The molecule has 6 unspecified atom stereocenters. The number of rotatable bonds is 3. The third-order valence-corrected chi connectivity index (χ3v) is 5.39. The van der Waals surface area contributed by atoms with E-state index < -0.39 is 0 Å². The molecular weight excluding hydrogens is 236 g/mol. The number of morpholine rings is 1. The van der Waals surface area contributed by atoms with E-state index in [-0.39, 0.29) is 0 Å². The first-order valence-electron chi connectivity index (χ1n) is 8.30. The van der Waals surface area contributed by atoms with Crippen LogP contribution in [0, 0.1) is 11.8 Å². The standard InChI is InChI=1S/C16H30N2O/c1-4-17-15-8-11(2)7-12(3)16(15)18-9-13-5-6-14(10-18)19-13/h11-17H,4-10H2,1-3H3. The van der Waals surface area contributed by atoms with Crippen LogP contribution in [-0.2, 0) is 4.74 Å². The topological polar surface area (TPSA) is 24.5 Å². The summed E-state index contributed by atoms with van der Waals surface area (Å²) in [6.45, 7) is 10.5. The molecule has 3 rings (SSSR count). The number of likely N-dealkylation sites (tertiary alicyclic amines) is 1. The summed E-state index contributed by atoms with van der Waals surface area (Å²) in [7, 11) is 0. The molecule has 1 saturated carbocycles. The molecule has 6 atom stereocenters. The summed E-state index contributed by atoms with van der Waals surface area (Å²) in [4.78, 5) is 2.76. The first-order valence-corrected chi connectivity index (χ1v) is 8.30. The van der Waals surface area contributed by atoms with Crippen molar-refractivity contribution in [1.82, 2.24) is 10.2 Å². The van der Waals surface area contributed by atoms with Gasteiger partial charge in [0.05, 0.1) is 12.2 Å². The van der Waals surface area contributed by atoms with Gasteiger partial charge < -0.3 is 10.1 Å². The summed E-state index contributed by atoms with van der Waals surface area (Å²) in [5, 5.41) is 3.76. The summed E-state index contributed by atoms with van der Waals surface area (Å²) in [5.74, 6) is 1.68. The number of fused-ring (bicyclic) bond motifs is 2. The summed E-state index contributed by atoms with van der Waals surface area (Å²) in [6, 6.07) is 1.41. The second kappa shape index (κ2) is 5.71. The van der Waals surface area contributed by atoms with E-state index in [0.29, 0.717) is 18.2 Å². The molecule has 0 aromatic heterocycles. The van der Waals surface area contributed by atoms with Crippen LogP contribution >= 0.6 is 0 Å². The quantitative estimate of drug-likeness (QED) is 0.848. The van der Waals surface area contributed by atoms with Gasteiger partial charge in [0.1, 0.15) is 0 Å². The molecule has 3 heteroatoms. The molecule has 19 heavy (non-hydrogen) atoms. The van der Waals surface area contributed by atoms with Crippen molar-refractivity contribution >= 4 is 0 Å². The molecule has 0 radical (unpaired) electrons. The first kappa shape index (κ1) is 13.8. The highest BCUT2D eigenvalue weighted by Crippen LogP contribution is 2.36. The minimum Gasteiger partial charge on any atom is -0.372 e. The molecule has 1 N–H and O–H groups in total. The Balaban J connectivity index is 1.72. The van der Waals surface area contributed by atoms with Gasteiger partial charge in [-0.2, -0.15) is 0 Å².